The monoisotopic (exact) mass is 462 g/mol. The molecule has 2 atom stereocenters. The van der Waals surface area contributed by atoms with Crippen LogP contribution in [-0.2, 0) is 14.6 Å². The number of ether oxygens (including phenoxy) is 1. The molecule has 0 bridgehead atoms. The van der Waals surface area contributed by atoms with Crippen molar-refractivity contribution in [2.75, 3.05) is 7.11 Å². The van der Waals surface area contributed by atoms with Gasteiger partial charge < -0.3 is 4.74 Å². The van der Waals surface area contributed by atoms with Gasteiger partial charge in [-0.2, -0.15) is 13.2 Å². The average molecular weight is 462 g/mol. The van der Waals surface area contributed by atoms with Gasteiger partial charge in [0.15, 0.2) is 0 Å². The van der Waals surface area contributed by atoms with Crippen LogP contribution in [0, 0.1) is 5.41 Å². The van der Waals surface area contributed by atoms with Crippen molar-refractivity contribution in [3.05, 3.63) is 71.1 Å². The first-order chi connectivity index (χ1) is 14.3. The summed E-state index contributed by atoms with van der Waals surface area (Å²) in [6.45, 7) is 0. The minimum atomic E-state index is -5.51. The van der Waals surface area contributed by atoms with Gasteiger partial charge in [0.25, 0.3) is 15.7 Å². The van der Waals surface area contributed by atoms with Crippen LogP contribution >= 0.6 is 0 Å². The van der Waals surface area contributed by atoms with E-state index in [0.29, 0.717) is 11.1 Å². The quantitative estimate of drug-likeness (QED) is 0.553. The maximum Gasteiger partial charge on any atom is 0.501 e. The molecule has 1 saturated carbocycles. The minimum Gasteiger partial charge on any atom is -0.343 e. The lowest BCUT2D eigenvalue weighted by Gasteiger charge is -2.28. The van der Waals surface area contributed by atoms with E-state index in [2.05, 4.69) is 4.74 Å². The Morgan fingerprint density at radius 2 is 1.65 bits per heavy atom. The number of hydrogen-bond donors (Lipinski definition) is 0. The zero-order chi connectivity index (χ0) is 22.8. The second-order valence-corrected chi connectivity index (χ2v) is 9.62. The van der Waals surface area contributed by atoms with Gasteiger partial charge in [-0.25, -0.2) is 21.6 Å². The van der Waals surface area contributed by atoms with E-state index in [0.717, 1.165) is 44.2 Å². The molecular formula is C21H16F6O3S. The Hall–Kier alpha value is -2.33. The van der Waals surface area contributed by atoms with Crippen molar-refractivity contribution >= 4 is 15.4 Å². The van der Waals surface area contributed by atoms with Gasteiger partial charge in [0.05, 0.1) is 4.90 Å². The zero-order valence-electron chi connectivity index (χ0n) is 16.0. The molecule has 1 aromatic rings. The highest BCUT2D eigenvalue weighted by atomic mass is 32.2. The SMILES string of the molecule is COC1(F)C=CC(C2=CC3(C=C2c2ccc(S(=O)(=O)C(F)(F)F)cc2)CC3)=C(F)C1F. The van der Waals surface area contributed by atoms with Crippen molar-refractivity contribution < 1.29 is 39.5 Å². The fourth-order valence-electron chi connectivity index (χ4n) is 3.67. The average Bonchev–Trinajstić information content (AvgIpc) is 3.37. The Morgan fingerprint density at radius 1 is 1.06 bits per heavy atom. The van der Waals surface area contributed by atoms with Crippen molar-refractivity contribution in [1.82, 2.24) is 0 Å². The lowest BCUT2D eigenvalue weighted by molar-refractivity contribution is -0.125. The van der Waals surface area contributed by atoms with E-state index in [9.17, 15) is 34.8 Å². The normalized spacial score (nSPS) is 27.5. The molecule has 4 rings (SSSR count). The van der Waals surface area contributed by atoms with E-state index in [4.69, 9.17) is 0 Å². The molecule has 0 aliphatic heterocycles. The highest BCUT2D eigenvalue weighted by molar-refractivity contribution is 7.92. The van der Waals surface area contributed by atoms with Gasteiger partial charge in [0, 0.05) is 18.1 Å². The number of allylic oxidation sites excluding steroid dienone is 6. The summed E-state index contributed by atoms with van der Waals surface area (Å²) in [5.74, 6) is -4.31. The summed E-state index contributed by atoms with van der Waals surface area (Å²) < 4.78 is 109. The summed E-state index contributed by atoms with van der Waals surface area (Å²) in [6, 6.07) is 3.97. The maximum absolute atomic E-state index is 14.7. The molecule has 0 N–H and O–H groups in total. The first-order valence-corrected chi connectivity index (χ1v) is 10.7. The first kappa shape index (κ1) is 21.9. The van der Waals surface area contributed by atoms with Gasteiger partial charge in [0.1, 0.15) is 5.83 Å². The summed E-state index contributed by atoms with van der Waals surface area (Å²) in [6.07, 6.45) is 4.13. The summed E-state index contributed by atoms with van der Waals surface area (Å²) in [4.78, 5) is -0.928. The predicted molar refractivity (Wildman–Crippen MR) is 100 cm³/mol. The van der Waals surface area contributed by atoms with Gasteiger partial charge in [-0.15, -0.1) is 0 Å². The van der Waals surface area contributed by atoms with Crippen LogP contribution in [0.1, 0.15) is 18.4 Å². The van der Waals surface area contributed by atoms with Crippen molar-refractivity contribution in [2.24, 2.45) is 5.41 Å². The number of methoxy groups -OCH3 is 1. The van der Waals surface area contributed by atoms with Gasteiger partial charge in [-0.1, -0.05) is 24.3 Å². The summed E-state index contributed by atoms with van der Waals surface area (Å²) in [5, 5.41) is 0. The molecule has 1 fully saturated rings. The molecular weight excluding hydrogens is 446 g/mol. The van der Waals surface area contributed by atoms with Crippen LogP contribution in [0.4, 0.5) is 26.3 Å². The standard InChI is InChI=1S/C21H16F6O3S/c1-30-20(24)7-6-14(17(22)18(20)23)16-11-19(8-9-19)10-15(16)12-2-4-13(5-3-12)31(28,29)21(25,26)27/h2-7,10-11,18H,8-9H2,1H3. The fourth-order valence-corrected chi connectivity index (χ4v) is 4.44. The molecule has 1 spiro atoms. The number of benzene rings is 1. The maximum atomic E-state index is 14.7. The minimum absolute atomic E-state index is 0.195. The van der Waals surface area contributed by atoms with Crippen LogP contribution < -0.4 is 0 Å². The molecule has 2 unspecified atom stereocenters. The van der Waals surface area contributed by atoms with E-state index < -0.39 is 38.1 Å². The smallest absolute Gasteiger partial charge is 0.343 e. The second kappa shape index (κ2) is 6.83. The summed E-state index contributed by atoms with van der Waals surface area (Å²) in [5.41, 5.74) is -5.04. The van der Waals surface area contributed by atoms with Gasteiger partial charge in [-0.3, -0.25) is 0 Å². The number of halogens is 6. The first-order valence-electron chi connectivity index (χ1n) is 9.19. The molecule has 3 aliphatic rings. The highest BCUT2D eigenvalue weighted by Gasteiger charge is 2.49. The summed E-state index contributed by atoms with van der Waals surface area (Å²) >= 11 is 0. The number of sulfone groups is 1. The molecule has 3 nitrogen and oxygen atoms in total. The Morgan fingerprint density at radius 3 is 2.16 bits per heavy atom. The highest BCUT2D eigenvalue weighted by Crippen LogP contribution is 2.58. The van der Waals surface area contributed by atoms with E-state index >= 15 is 0 Å². The van der Waals surface area contributed by atoms with Crippen LogP contribution in [-0.4, -0.2) is 33.1 Å². The van der Waals surface area contributed by atoms with Gasteiger partial charge in [-0.05, 0) is 53.8 Å². The molecule has 0 heterocycles. The number of hydrogen-bond acceptors (Lipinski definition) is 3. The van der Waals surface area contributed by atoms with E-state index in [1.165, 1.54) is 12.1 Å². The molecule has 10 heteroatoms. The number of rotatable bonds is 4. The third-order valence-electron chi connectivity index (χ3n) is 5.67. The van der Waals surface area contributed by atoms with Crippen molar-refractivity contribution in [3.8, 4) is 0 Å². The predicted octanol–water partition coefficient (Wildman–Crippen LogP) is 5.53. The molecule has 0 radical (unpaired) electrons. The third kappa shape index (κ3) is 3.45. The molecule has 0 amide bonds. The van der Waals surface area contributed by atoms with Crippen LogP contribution in [0.2, 0.25) is 0 Å². The van der Waals surface area contributed by atoms with Crippen molar-refractivity contribution in [1.29, 1.82) is 0 Å². The Balaban J connectivity index is 1.73. The van der Waals surface area contributed by atoms with Crippen molar-refractivity contribution in [2.45, 2.75) is 35.3 Å². The largest absolute Gasteiger partial charge is 0.501 e. The molecule has 31 heavy (non-hydrogen) atoms. The van der Waals surface area contributed by atoms with Crippen LogP contribution in [0.5, 0.6) is 0 Å². The van der Waals surface area contributed by atoms with Gasteiger partial charge in [0.2, 0.25) is 6.17 Å². The lowest BCUT2D eigenvalue weighted by Crippen LogP contribution is -2.37. The number of alkyl halides is 5. The van der Waals surface area contributed by atoms with E-state index in [-0.39, 0.29) is 16.6 Å². The molecule has 166 valence electrons. The van der Waals surface area contributed by atoms with Crippen LogP contribution in [0.3, 0.4) is 0 Å². The fraction of sp³-hybridized carbons (Fsp3) is 0.333. The van der Waals surface area contributed by atoms with E-state index in [1.807, 2.05) is 0 Å². The Labute approximate surface area is 174 Å². The van der Waals surface area contributed by atoms with Crippen molar-refractivity contribution in [3.63, 3.8) is 0 Å². The topological polar surface area (TPSA) is 43.4 Å². The zero-order valence-corrected chi connectivity index (χ0v) is 16.8. The van der Waals surface area contributed by atoms with Gasteiger partial charge >= 0.3 is 5.51 Å². The molecule has 3 aliphatic carbocycles. The van der Waals surface area contributed by atoms with Crippen LogP contribution in [0.15, 0.2) is 70.4 Å². The summed E-state index contributed by atoms with van der Waals surface area (Å²) in [7, 11) is -4.61. The molecule has 0 saturated heterocycles. The lowest BCUT2D eigenvalue weighted by atomic mass is 9.89. The van der Waals surface area contributed by atoms with E-state index in [1.54, 1.807) is 12.2 Å². The second-order valence-electron chi connectivity index (χ2n) is 7.68. The Kier molecular flexibility index (Phi) is 4.82. The molecule has 0 aromatic heterocycles. The Bertz CT molecular complexity index is 1150. The molecule has 1 aromatic carbocycles. The van der Waals surface area contributed by atoms with Crippen LogP contribution in [0.25, 0.3) is 5.57 Å². The third-order valence-corrected chi connectivity index (χ3v) is 7.17.